The second-order valence-electron chi connectivity index (χ2n) is 5.16. The number of carbonyl (C=O) groups is 1. The maximum atomic E-state index is 13.0. The maximum Gasteiger partial charge on any atom is 0.248 e. The van der Waals surface area contributed by atoms with Gasteiger partial charge in [0.2, 0.25) is 5.92 Å². The summed E-state index contributed by atoms with van der Waals surface area (Å²) < 4.78 is 26.0. The van der Waals surface area contributed by atoms with Crippen molar-refractivity contribution in [2.75, 3.05) is 19.3 Å². The van der Waals surface area contributed by atoms with E-state index in [1.165, 1.54) is 0 Å². The molecule has 2 rings (SSSR count). The van der Waals surface area contributed by atoms with Crippen LogP contribution in [0.2, 0.25) is 0 Å². The minimum Gasteiger partial charge on any atom is -0.298 e. The van der Waals surface area contributed by atoms with Gasteiger partial charge in [-0.1, -0.05) is 0 Å². The zero-order valence-electron chi connectivity index (χ0n) is 10.1. The average Bonchev–Trinajstić information content (AvgIpc) is 2.62. The molecule has 2 aliphatic rings. The number of hydrogen-bond acceptors (Lipinski definition) is 3. The molecular weight excluding hydrogens is 244 g/mol. The third kappa shape index (κ3) is 3.41. The summed E-state index contributed by atoms with van der Waals surface area (Å²) in [5.74, 6) is -1.82. The first-order valence-corrected chi connectivity index (χ1v) is 7.45. The fraction of sp³-hybridized carbons (Fsp3) is 0.917. The molecule has 1 saturated carbocycles. The molecule has 0 aromatic carbocycles. The standard InChI is InChI=1S/C12H19F2NOS/c1-17-11-6-10(16)8-15(11)7-9-2-4-12(13,14)5-3-9/h9,11H,2-8H2,1H3. The predicted molar refractivity (Wildman–Crippen MR) is 65.4 cm³/mol. The van der Waals surface area contributed by atoms with E-state index in [1.807, 2.05) is 6.26 Å². The summed E-state index contributed by atoms with van der Waals surface area (Å²) in [7, 11) is 0. The smallest absolute Gasteiger partial charge is 0.248 e. The summed E-state index contributed by atoms with van der Waals surface area (Å²) in [6.45, 7) is 1.33. The van der Waals surface area contributed by atoms with Crippen molar-refractivity contribution in [3.63, 3.8) is 0 Å². The Labute approximate surface area is 105 Å². The summed E-state index contributed by atoms with van der Waals surface area (Å²) in [6, 6.07) is 0. The van der Waals surface area contributed by atoms with Crippen molar-refractivity contribution in [1.29, 1.82) is 0 Å². The third-order valence-corrected chi connectivity index (χ3v) is 4.80. The molecule has 1 aliphatic carbocycles. The summed E-state index contributed by atoms with van der Waals surface area (Å²) in [5, 5.41) is 0.268. The number of rotatable bonds is 3. The van der Waals surface area contributed by atoms with Crippen LogP contribution in [0, 0.1) is 5.92 Å². The van der Waals surface area contributed by atoms with Gasteiger partial charge in [-0.2, -0.15) is 0 Å². The average molecular weight is 263 g/mol. The third-order valence-electron chi connectivity index (χ3n) is 3.79. The Morgan fingerprint density at radius 1 is 1.41 bits per heavy atom. The van der Waals surface area contributed by atoms with Gasteiger partial charge in [0, 0.05) is 25.8 Å². The van der Waals surface area contributed by atoms with E-state index >= 15 is 0 Å². The second kappa shape index (κ2) is 5.22. The van der Waals surface area contributed by atoms with E-state index in [2.05, 4.69) is 4.90 Å². The fourth-order valence-corrected chi connectivity index (χ4v) is 3.56. The molecular formula is C12H19F2NOS. The summed E-state index contributed by atoms with van der Waals surface area (Å²) in [4.78, 5) is 13.6. The molecule has 0 aromatic rings. The monoisotopic (exact) mass is 263 g/mol. The van der Waals surface area contributed by atoms with Gasteiger partial charge in [-0.25, -0.2) is 8.78 Å². The van der Waals surface area contributed by atoms with Gasteiger partial charge in [-0.3, -0.25) is 9.69 Å². The number of likely N-dealkylation sites (tertiary alicyclic amines) is 1. The van der Waals surface area contributed by atoms with Crippen LogP contribution in [0.3, 0.4) is 0 Å². The van der Waals surface area contributed by atoms with Crippen LogP contribution in [0.4, 0.5) is 8.78 Å². The Morgan fingerprint density at radius 2 is 2.06 bits per heavy atom. The quantitative estimate of drug-likeness (QED) is 0.781. The highest BCUT2D eigenvalue weighted by Crippen LogP contribution is 2.37. The SMILES string of the molecule is CSC1CC(=O)CN1CC1CCC(F)(F)CC1. The van der Waals surface area contributed by atoms with E-state index in [4.69, 9.17) is 0 Å². The van der Waals surface area contributed by atoms with Crippen molar-refractivity contribution in [1.82, 2.24) is 4.90 Å². The van der Waals surface area contributed by atoms with Gasteiger partial charge in [0.05, 0.1) is 11.9 Å². The van der Waals surface area contributed by atoms with Crippen LogP contribution in [-0.4, -0.2) is 41.3 Å². The lowest BCUT2D eigenvalue weighted by molar-refractivity contribution is -0.117. The zero-order chi connectivity index (χ0) is 12.5. The number of hydrogen-bond donors (Lipinski definition) is 0. The molecule has 0 amide bonds. The van der Waals surface area contributed by atoms with E-state index in [-0.39, 0.29) is 24.0 Å². The van der Waals surface area contributed by atoms with Crippen molar-refractivity contribution in [3.05, 3.63) is 0 Å². The van der Waals surface area contributed by atoms with Crippen LogP contribution in [0.5, 0.6) is 0 Å². The number of halogens is 2. The first-order chi connectivity index (χ1) is 8.00. The van der Waals surface area contributed by atoms with Crippen LogP contribution in [-0.2, 0) is 4.79 Å². The summed E-state index contributed by atoms with van der Waals surface area (Å²) in [5.41, 5.74) is 0. The van der Waals surface area contributed by atoms with Crippen LogP contribution < -0.4 is 0 Å². The van der Waals surface area contributed by atoms with E-state index in [0.29, 0.717) is 31.7 Å². The van der Waals surface area contributed by atoms with Gasteiger partial charge >= 0.3 is 0 Å². The van der Waals surface area contributed by atoms with E-state index < -0.39 is 5.92 Å². The van der Waals surface area contributed by atoms with Gasteiger partial charge in [-0.15, -0.1) is 11.8 Å². The van der Waals surface area contributed by atoms with Gasteiger partial charge in [0.1, 0.15) is 5.78 Å². The maximum absolute atomic E-state index is 13.0. The molecule has 0 N–H and O–H groups in total. The molecule has 1 unspecified atom stereocenters. The molecule has 2 fully saturated rings. The van der Waals surface area contributed by atoms with Crippen LogP contribution in [0.1, 0.15) is 32.1 Å². The molecule has 1 heterocycles. The highest BCUT2D eigenvalue weighted by Gasteiger charge is 2.37. The van der Waals surface area contributed by atoms with Gasteiger partial charge in [0.15, 0.2) is 0 Å². The molecule has 5 heteroatoms. The first-order valence-electron chi connectivity index (χ1n) is 6.16. The highest BCUT2D eigenvalue weighted by atomic mass is 32.2. The van der Waals surface area contributed by atoms with Gasteiger partial charge < -0.3 is 0 Å². The molecule has 1 atom stereocenters. The lowest BCUT2D eigenvalue weighted by atomic mass is 9.86. The molecule has 1 saturated heterocycles. The predicted octanol–water partition coefficient (Wildman–Crippen LogP) is 2.78. The zero-order valence-corrected chi connectivity index (χ0v) is 10.9. The second-order valence-corrected chi connectivity index (χ2v) is 6.18. The van der Waals surface area contributed by atoms with Crippen molar-refractivity contribution < 1.29 is 13.6 Å². The van der Waals surface area contributed by atoms with Crippen molar-refractivity contribution in [2.24, 2.45) is 5.92 Å². The normalized spacial score (nSPS) is 31.0. The minimum absolute atomic E-state index is 0.0172. The first kappa shape index (κ1) is 13.3. The number of nitrogens with zero attached hydrogens (tertiary/aromatic N) is 1. The number of carbonyl (C=O) groups excluding carboxylic acids is 1. The molecule has 17 heavy (non-hydrogen) atoms. The Kier molecular flexibility index (Phi) is 4.08. The Hall–Kier alpha value is -0.160. The van der Waals surface area contributed by atoms with Crippen LogP contribution in [0.15, 0.2) is 0 Å². The Morgan fingerprint density at radius 3 is 2.65 bits per heavy atom. The van der Waals surface area contributed by atoms with Crippen LogP contribution in [0.25, 0.3) is 0 Å². The van der Waals surface area contributed by atoms with Crippen molar-refractivity contribution >= 4 is 17.5 Å². The van der Waals surface area contributed by atoms with E-state index in [1.54, 1.807) is 11.8 Å². The van der Waals surface area contributed by atoms with Crippen molar-refractivity contribution in [3.8, 4) is 0 Å². The Balaban J connectivity index is 1.83. The summed E-state index contributed by atoms with van der Waals surface area (Å²) >= 11 is 1.69. The fourth-order valence-electron chi connectivity index (χ4n) is 2.75. The minimum atomic E-state index is -2.45. The highest BCUT2D eigenvalue weighted by molar-refractivity contribution is 7.99. The topological polar surface area (TPSA) is 20.3 Å². The lowest BCUT2D eigenvalue weighted by Gasteiger charge is -2.32. The molecule has 98 valence electrons. The molecule has 0 radical (unpaired) electrons. The largest absolute Gasteiger partial charge is 0.298 e. The van der Waals surface area contributed by atoms with E-state index in [0.717, 1.165) is 6.54 Å². The molecule has 0 spiro atoms. The number of Topliss-reactive ketones (excluding diaryl/α,β-unsaturated/α-hetero) is 1. The van der Waals surface area contributed by atoms with E-state index in [9.17, 15) is 13.6 Å². The Bertz CT molecular complexity index is 288. The number of thioether (sulfide) groups is 1. The van der Waals surface area contributed by atoms with Gasteiger partial charge in [-0.05, 0) is 25.0 Å². The molecule has 0 aromatic heterocycles. The van der Waals surface area contributed by atoms with Crippen molar-refractivity contribution in [2.45, 2.75) is 43.4 Å². The number of ketones is 1. The lowest BCUT2D eigenvalue weighted by Crippen LogP contribution is -2.36. The number of alkyl halides is 2. The van der Waals surface area contributed by atoms with Gasteiger partial charge in [0.25, 0.3) is 0 Å². The van der Waals surface area contributed by atoms with Crippen LogP contribution >= 0.6 is 11.8 Å². The summed E-state index contributed by atoms with van der Waals surface area (Å²) in [6.07, 6.45) is 3.85. The molecule has 1 aliphatic heterocycles. The molecule has 2 nitrogen and oxygen atoms in total. The molecule has 0 bridgehead atoms.